The molecule has 0 aliphatic rings. The summed E-state index contributed by atoms with van der Waals surface area (Å²) in [6, 6.07) is 9.25. The van der Waals surface area contributed by atoms with Gasteiger partial charge in [-0.1, -0.05) is 46.0 Å². The number of benzene rings is 1. The summed E-state index contributed by atoms with van der Waals surface area (Å²) in [5.74, 6) is 1.71. The van der Waals surface area contributed by atoms with E-state index < -0.39 is 5.41 Å². The minimum atomic E-state index is -0.733. The second-order valence-corrected chi connectivity index (χ2v) is 6.96. The van der Waals surface area contributed by atoms with Crippen LogP contribution in [0, 0.1) is 5.41 Å². The van der Waals surface area contributed by atoms with E-state index >= 15 is 0 Å². The Hall–Kier alpha value is -3.90. The maximum atomic E-state index is 13.8. The molecule has 13 heteroatoms. The quantitative estimate of drug-likeness (QED) is 0.292. The van der Waals surface area contributed by atoms with Crippen molar-refractivity contribution in [2.24, 2.45) is 5.41 Å². The number of hydrogen-bond acceptors (Lipinski definition) is 10. The van der Waals surface area contributed by atoms with Crippen molar-refractivity contribution >= 4 is 5.78 Å². The van der Waals surface area contributed by atoms with Crippen molar-refractivity contribution in [3.63, 3.8) is 0 Å². The second-order valence-electron chi connectivity index (χ2n) is 6.96. The number of tetrazole rings is 3. The van der Waals surface area contributed by atoms with Crippen LogP contribution in [0.15, 0.2) is 30.3 Å². The number of nitrogens with one attached hydrogen (secondary N) is 3. The third-order valence-electron chi connectivity index (χ3n) is 5.17. The van der Waals surface area contributed by atoms with Gasteiger partial charge in [0.1, 0.15) is 0 Å². The number of H-pyrrole nitrogens is 3. The zero-order valence-corrected chi connectivity index (χ0v) is 16.1. The number of carbonyl (C=O) groups excluding carboxylic acids is 1. The van der Waals surface area contributed by atoms with Crippen LogP contribution < -0.4 is 0 Å². The lowest BCUT2D eigenvalue weighted by Crippen LogP contribution is -2.34. The number of ketones is 1. The fourth-order valence-electron chi connectivity index (χ4n) is 3.53. The average molecular weight is 408 g/mol. The van der Waals surface area contributed by atoms with Crippen LogP contribution in [-0.2, 0) is 19.3 Å². The third-order valence-corrected chi connectivity index (χ3v) is 5.17. The highest BCUT2D eigenvalue weighted by atomic mass is 16.1. The summed E-state index contributed by atoms with van der Waals surface area (Å²) in [7, 11) is 0. The summed E-state index contributed by atoms with van der Waals surface area (Å²) < 4.78 is 0. The van der Waals surface area contributed by atoms with Gasteiger partial charge in [-0.3, -0.25) is 4.79 Å². The number of carbonyl (C=O) groups is 1. The average Bonchev–Trinajstić information content (AvgIpc) is 3.57. The van der Waals surface area contributed by atoms with Gasteiger partial charge in [0, 0.05) is 30.2 Å². The van der Waals surface area contributed by atoms with Gasteiger partial charge >= 0.3 is 0 Å². The van der Waals surface area contributed by atoms with Gasteiger partial charge in [0.2, 0.25) is 0 Å². The van der Waals surface area contributed by atoms with Crippen molar-refractivity contribution in [2.75, 3.05) is 0 Å². The highest BCUT2D eigenvalue weighted by Crippen LogP contribution is 2.38. The Labute approximate surface area is 170 Å². The Morgan fingerprint density at radius 2 is 1.13 bits per heavy atom. The summed E-state index contributed by atoms with van der Waals surface area (Å²) in [5, 5.41) is 42.4. The molecule has 154 valence electrons. The molecule has 1 aromatic carbocycles. The van der Waals surface area contributed by atoms with E-state index in [-0.39, 0.29) is 5.78 Å². The van der Waals surface area contributed by atoms with E-state index in [0.717, 1.165) is 0 Å². The number of Topliss-reactive ketones (excluding diaryl/α,β-unsaturated/α-hetero) is 1. The number of hydrogen-bond donors (Lipinski definition) is 3. The molecule has 0 amide bonds. The van der Waals surface area contributed by atoms with Gasteiger partial charge in [-0.05, 0) is 19.3 Å². The molecule has 30 heavy (non-hydrogen) atoms. The molecule has 4 rings (SSSR count). The summed E-state index contributed by atoms with van der Waals surface area (Å²) in [5.41, 5.74) is -0.0877. The van der Waals surface area contributed by atoms with Crippen LogP contribution in [-0.4, -0.2) is 67.7 Å². The van der Waals surface area contributed by atoms with E-state index in [9.17, 15) is 4.79 Å². The zero-order valence-electron chi connectivity index (χ0n) is 16.1. The van der Waals surface area contributed by atoms with Crippen LogP contribution in [0.4, 0.5) is 0 Å². The normalized spacial score (nSPS) is 11.6. The first-order chi connectivity index (χ1) is 14.8. The lowest BCUT2D eigenvalue weighted by atomic mass is 9.70. The summed E-state index contributed by atoms with van der Waals surface area (Å²) >= 11 is 0. The maximum absolute atomic E-state index is 13.8. The van der Waals surface area contributed by atoms with Gasteiger partial charge in [-0.15, -0.1) is 30.6 Å². The Morgan fingerprint density at radius 1 is 0.700 bits per heavy atom. The molecule has 4 aromatic rings. The first kappa shape index (κ1) is 19.4. The summed E-state index contributed by atoms with van der Waals surface area (Å²) in [6.07, 6.45) is 3.05. The monoisotopic (exact) mass is 408 g/mol. The maximum Gasteiger partial charge on any atom is 0.174 e. The van der Waals surface area contributed by atoms with Crippen molar-refractivity contribution in [2.45, 2.75) is 38.5 Å². The molecule has 0 saturated heterocycles. The highest BCUT2D eigenvalue weighted by Gasteiger charge is 2.39. The van der Waals surface area contributed by atoms with E-state index in [2.05, 4.69) is 61.9 Å². The fourth-order valence-corrected chi connectivity index (χ4v) is 3.53. The third kappa shape index (κ3) is 4.56. The number of aryl methyl sites for hydroxylation is 3. The van der Waals surface area contributed by atoms with Crippen LogP contribution in [0.1, 0.15) is 47.1 Å². The molecule has 0 spiro atoms. The zero-order chi connectivity index (χ0) is 20.7. The minimum Gasteiger partial charge on any atom is -0.294 e. The smallest absolute Gasteiger partial charge is 0.174 e. The first-order valence-electron chi connectivity index (χ1n) is 9.52. The van der Waals surface area contributed by atoms with Crippen molar-refractivity contribution in [1.29, 1.82) is 0 Å². The Balaban J connectivity index is 1.63. The minimum absolute atomic E-state index is 0.0404. The van der Waals surface area contributed by atoms with Gasteiger partial charge < -0.3 is 0 Å². The standard InChI is InChI=1S/C17H20N12O/c30-16(12-4-2-1-3-5-12)17(9-6-13-18-24-25-19-13,10-7-14-20-26-27-21-14)11-8-15-22-28-29-23-15/h1-5H,6-11H2,(H,18,19,24,25)(H,20,21,26,27)(H,22,23,28,29). The van der Waals surface area contributed by atoms with Crippen molar-refractivity contribution in [1.82, 2.24) is 61.9 Å². The highest BCUT2D eigenvalue weighted by molar-refractivity contribution is 6.00. The van der Waals surface area contributed by atoms with Crippen molar-refractivity contribution < 1.29 is 4.79 Å². The number of aromatic amines is 3. The molecular formula is C17H20N12O. The predicted molar refractivity (Wildman–Crippen MR) is 101 cm³/mol. The molecule has 0 radical (unpaired) electrons. The van der Waals surface area contributed by atoms with E-state index in [4.69, 9.17) is 0 Å². The summed E-state index contributed by atoms with van der Waals surface area (Å²) in [4.78, 5) is 13.8. The molecule has 0 unspecified atom stereocenters. The largest absolute Gasteiger partial charge is 0.294 e. The molecule has 0 aliphatic carbocycles. The number of nitrogens with zero attached hydrogens (tertiary/aromatic N) is 9. The number of aromatic nitrogens is 12. The fraction of sp³-hybridized carbons (Fsp3) is 0.412. The van der Waals surface area contributed by atoms with Gasteiger partial charge in [0.05, 0.1) is 0 Å². The SMILES string of the molecule is O=C(c1ccccc1)C(CCc1nn[nH]n1)(CCc1nn[nH]n1)CCc1nn[nH]n1. The van der Waals surface area contributed by atoms with Crippen LogP contribution >= 0.6 is 0 Å². The second kappa shape index (κ2) is 9.07. The van der Waals surface area contributed by atoms with Gasteiger partial charge in [-0.25, -0.2) is 0 Å². The molecular weight excluding hydrogens is 388 g/mol. The molecule has 0 saturated carbocycles. The van der Waals surface area contributed by atoms with Crippen LogP contribution in [0.3, 0.4) is 0 Å². The molecule has 13 nitrogen and oxygen atoms in total. The molecule has 3 heterocycles. The van der Waals surface area contributed by atoms with Crippen LogP contribution in [0.2, 0.25) is 0 Å². The topological polar surface area (TPSA) is 180 Å². The van der Waals surface area contributed by atoms with Crippen LogP contribution in [0.25, 0.3) is 0 Å². The lowest BCUT2D eigenvalue weighted by Gasteiger charge is -2.32. The lowest BCUT2D eigenvalue weighted by molar-refractivity contribution is 0.0736. The van der Waals surface area contributed by atoms with Gasteiger partial charge in [0.15, 0.2) is 23.3 Å². The number of rotatable bonds is 11. The Morgan fingerprint density at radius 3 is 1.50 bits per heavy atom. The van der Waals surface area contributed by atoms with E-state index in [1.54, 1.807) is 0 Å². The molecule has 0 fully saturated rings. The van der Waals surface area contributed by atoms with Gasteiger partial charge in [-0.2, -0.15) is 15.6 Å². The predicted octanol–water partition coefficient (Wildman–Crippen LogP) is 0.293. The summed E-state index contributed by atoms with van der Waals surface area (Å²) in [6.45, 7) is 0. The van der Waals surface area contributed by atoms with E-state index in [1.165, 1.54) is 0 Å². The molecule has 3 N–H and O–H groups in total. The Kier molecular flexibility index (Phi) is 5.87. The van der Waals surface area contributed by atoms with Gasteiger partial charge in [0.25, 0.3) is 0 Å². The molecule has 0 atom stereocenters. The van der Waals surface area contributed by atoms with Crippen LogP contribution in [0.5, 0.6) is 0 Å². The molecule has 0 aliphatic heterocycles. The molecule has 3 aromatic heterocycles. The van der Waals surface area contributed by atoms with Crippen molar-refractivity contribution in [3.8, 4) is 0 Å². The molecule has 0 bridgehead atoms. The van der Waals surface area contributed by atoms with E-state index in [0.29, 0.717) is 61.6 Å². The van der Waals surface area contributed by atoms with Crippen molar-refractivity contribution in [3.05, 3.63) is 53.4 Å². The van der Waals surface area contributed by atoms with E-state index in [1.807, 2.05) is 30.3 Å². The Bertz CT molecular complexity index is 921. The first-order valence-corrected chi connectivity index (χ1v) is 9.52.